The molecule has 1 amide bonds. The predicted molar refractivity (Wildman–Crippen MR) is 87.1 cm³/mol. The summed E-state index contributed by atoms with van der Waals surface area (Å²) in [5.74, 6) is 0.0793. The fourth-order valence-electron chi connectivity index (χ4n) is 2.89. The quantitative estimate of drug-likeness (QED) is 0.848. The lowest BCUT2D eigenvalue weighted by molar-refractivity contribution is 0.0724. The fourth-order valence-corrected chi connectivity index (χ4v) is 3.35. The highest BCUT2D eigenvalue weighted by atomic mass is 79.9. The molecule has 1 aromatic heterocycles. The minimum atomic E-state index is 0.0793. The Balaban J connectivity index is 1.87. The largest absolute Gasteiger partial charge is 0.398 e. The van der Waals surface area contributed by atoms with E-state index in [2.05, 4.69) is 22.0 Å². The van der Waals surface area contributed by atoms with E-state index in [9.17, 15) is 4.79 Å². The average Bonchev–Trinajstić information content (AvgIpc) is 2.87. The van der Waals surface area contributed by atoms with Gasteiger partial charge in [0.05, 0.1) is 0 Å². The summed E-state index contributed by atoms with van der Waals surface area (Å²) in [5, 5.41) is 0. The van der Waals surface area contributed by atoms with Crippen molar-refractivity contribution in [2.24, 2.45) is 0 Å². The molecule has 0 unspecified atom stereocenters. The van der Waals surface area contributed by atoms with Crippen LogP contribution in [0.5, 0.6) is 0 Å². The minimum absolute atomic E-state index is 0.0793. The van der Waals surface area contributed by atoms with Crippen LogP contribution < -0.4 is 5.73 Å². The highest BCUT2D eigenvalue weighted by Crippen LogP contribution is 2.26. The van der Waals surface area contributed by atoms with E-state index in [1.54, 1.807) is 0 Å². The van der Waals surface area contributed by atoms with Gasteiger partial charge in [-0.3, -0.25) is 4.79 Å². The van der Waals surface area contributed by atoms with Gasteiger partial charge in [0.15, 0.2) is 0 Å². The molecule has 0 aliphatic carbocycles. The lowest BCUT2D eigenvalue weighted by Gasteiger charge is -2.29. The number of hydrogen-bond acceptors (Lipinski definition) is 2. The molecule has 21 heavy (non-hydrogen) atoms. The van der Waals surface area contributed by atoms with E-state index in [1.165, 1.54) is 5.56 Å². The topological polar surface area (TPSA) is 51.3 Å². The van der Waals surface area contributed by atoms with E-state index in [4.69, 9.17) is 5.73 Å². The fraction of sp³-hybridized carbons (Fsp3) is 0.312. The number of aryl methyl sites for hydroxylation is 1. The number of nitrogen functional groups attached to an aromatic ring is 1. The molecule has 0 atom stereocenters. The Kier molecular flexibility index (Phi) is 3.76. The molecule has 0 bridgehead atoms. The third-order valence-electron chi connectivity index (χ3n) is 4.01. The van der Waals surface area contributed by atoms with Crippen molar-refractivity contribution in [2.45, 2.75) is 26.4 Å². The number of nitrogens with zero attached hydrogens (tertiary/aromatic N) is 2. The molecule has 4 nitrogen and oxygen atoms in total. The molecule has 1 aliphatic heterocycles. The molecular weight excluding hydrogens is 330 g/mol. The molecule has 110 valence electrons. The zero-order valence-electron chi connectivity index (χ0n) is 12.0. The molecule has 0 saturated heterocycles. The third-order valence-corrected chi connectivity index (χ3v) is 4.45. The van der Waals surface area contributed by atoms with Gasteiger partial charge < -0.3 is 15.2 Å². The first-order valence-corrected chi connectivity index (χ1v) is 7.90. The molecule has 0 radical (unpaired) electrons. The van der Waals surface area contributed by atoms with Crippen LogP contribution in [-0.4, -0.2) is 21.9 Å². The third kappa shape index (κ3) is 2.58. The highest BCUT2D eigenvalue weighted by molar-refractivity contribution is 9.10. The Morgan fingerprint density at radius 1 is 1.43 bits per heavy atom. The van der Waals surface area contributed by atoms with Gasteiger partial charge in [0.2, 0.25) is 0 Å². The first kappa shape index (κ1) is 14.2. The highest BCUT2D eigenvalue weighted by Gasteiger charge is 2.24. The number of amides is 1. The van der Waals surface area contributed by atoms with Gasteiger partial charge >= 0.3 is 0 Å². The number of benzene rings is 1. The normalized spacial score (nSPS) is 14.1. The summed E-state index contributed by atoms with van der Waals surface area (Å²) in [6, 6.07) is 7.82. The van der Waals surface area contributed by atoms with Gasteiger partial charge in [-0.05, 0) is 52.5 Å². The molecule has 0 saturated carbocycles. The summed E-state index contributed by atoms with van der Waals surface area (Å²) in [4.78, 5) is 14.6. The van der Waals surface area contributed by atoms with Gasteiger partial charge in [-0.2, -0.15) is 0 Å². The number of fused-ring (bicyclic) bond motifs is 1. The number of aromatic nitrogens is 1. The zero-order chi connectivity index (χ0) is 15.0. The maximum absolute atomic E-state index is 12.7. The van der Waals surface area contributed by atoms with Gasteiger partial charge in [0.1, 0.15) is 5.69 Å². The minimum Gasteiger partial charge on any atom is -0.398 e. The number of carbonyl (C=O) groups is 1. The lowest BCUT2D eigenvalue weighted by atomic mass is 9.98. The summed E-state index contributed by atoms with van der Waals surface area (Å²) in [5.41, 5.74) is 9.92. The van der Waals surface area contributed by atoms with E-state index in [0.717, 1.165) is 34.4 Å². The van der Waals surface area contributed by atoms with Crippen molar-refractivity contribution in [2.75, 3.05) is 12.3 Å². The Bertz CT molecular complexity index is 693. The van der Waals surface area contributed by atoms with Crippen molar-refractivity contribution in [1.29, 1.82) is 0 Å². The van der Waals surface area contributed by atoms with Crippen LogP contribution in [0.3, 0.4) is 0 Å². The van der Waals surface area contributed by atoms with Gasteiger partial charge in [-0.1, -0.05) is 12.1 Å². The van der Waals surface area contributed by atoms with Crippen LogP contribution >= 0.6 is 15.9 Å². The van der Waals surface area contributed by atoms with Gasteiger partial charge in [0, 0.05) is 36.0 Å². The van der Waals surface area contributed by atoms with Crippen LogP contribution in [0.1, 0.15) is 28.5 Å². The van der Waals surface area contributed by atoms with E-state index in [0.29, 0.717) is 13.1 Å². The van der Waals surface area contributed by atoms with Crippen LogP contribution in [0.2, 0.25) is 0 Å². The second-order valence-corrected chi connectivity index (χ2v) is 6.21. The molecule has 2 aromatic rings. The number of anilines is 1. The molecule has 2 N–H and O–H groups in total. The molecular formula is C16H18BrN3O. The van der Waals surface area contributed by atoms with Gasteiger partial charge in [-0.15, -0.1) is 0 Å². The molecule has 1 aliphatic rings. The van der Waals surface area contributed by atoms with Crippen LogP contribution in [-0.2, 0) is 19.5 Å². The molecule has 5 heteroatoms. The maximum atomic E-state index is 12.7. The predicted octanol–water partition coefficient (Wildman–Crippen LogP) is 3.05. The average molecular weight is 348 g/mol. The first-order valence-electron chi connectivity index (χ1n) is 7.11. The summed E-state index contributed by atoms with van der Waals surface area (Å²) >= 11 is 3.44. The molecule has 1 aromatic carbocycles. The first-order chi connectivity index (χ1) is 10.1. The van der Waals surface area contributed by atoms with Crippen molar-refractivity contribution in [1.82, 2.24) is 9.47 Å². The van der Waals surface area contributed by atoms with Crippen molar-refractivity contribution < 1.29 is 4.79 Å². The Morgan fingerprint density at radius 2 is 2.24 bits per heavy atom. The van der Waals surface area contributed by atoms with E-state index < -0.39 is 0 Å². The van der Waals surface area contributed by atoms with Crippen LogP contribution in [0.25, 0.3) is 0 Å². The lowest BCUT2D eigenvalue weighted by Crippen LogP contribution is -2.37. The number of hydrogen-bond donors (Lipinski definition) is 1. The smallest absolute Gasteiger partial charge is 0.270 e. The molecule has 0 fully saturated rings. The van der Waals surface area contributed by atoms with Crippen molar-refractivity contribution in [3.63, 3.8) is 0 Å². The Labute approximate surface area is 132 Å². The summed E-state index contributed by atoms with van der Waals surface area (Å²) < 4.78 is 2.91. The van der Waals surface area contributed by atoms with Gasteiger partial charge in [-0.25, -0.2) is 0 Å². The second-order valence-electron chi connectivity index (χ2n) is 5.29. The van der Waals surface area contributed by atoms with Crippen LogP contribution in [0, 0.1) is 0 Å². The monoisotopic (exact) mass is 347 g/mol. The van der Waals surface area contributed by atoms with Crippen LogP contribution in [0.15, 0.2) is 34.9 Å². The van der Waals surface area contributed by atoms with Gasteiger partial charge in [0.25, 0.3) is 5.91 Å². The standard InChI is InChI=1S/C16H18BrN3O/c1-2-19-10-12(17)8-15(19)16(21)20-7-6-13-11(9-20)4-3-5-14(13)18/h3-5,8,10H,2,6-7,9,18H2,1H3. The van der Waals surface area contributed by atoms with Crippen molar-refractivity contribution in [3.8, 4) is 0 Å². The summed E-state index contributed by atoms with van der Waals surface area (Å²) in [7, 11) is 0. The number of nitrogens with two attached hydrogens (primary N) is 1. The summed E-state index contributed by atoms with van der Waals surface area (Å²) in [6.07, 6.45) is 2.77. The van der Waals surface area contributed by atoms with Crippen molar-refractivity contribution >= 4 is 27.5 Å². The number of carbonyl (C=O) groups excluding carboxylic acids is 1. The molecule has 2 heterocycles. The molecule has 3 rings (SSSR count). The van der Waals surface area contributed by atoms with E-state index in [1.807, 2.05) is 40.8 Å². The van der Waals surface area contributed by atoms with E-state index >= 15 is 0 Å². The van der Waals surface area contributed by atoms with Crippen molar-refractivity contribution in [3.05, 3.63) is 51.8 Å². The van der Waals surface area contributed by atoms with E-state index in [-0.39, 0.29) is 5.91 Å². The maximum Gasteiger partial charge on any atom is 0.270 e. The van der Waals surface area contributed by atoms with Crippen LogP contribution in [0.4, 0.5) is 5.69 Å². The molecule has 0 spiro atoms. The summed E-state index contributed by atoms with van der Waals surface area (Å²) in [6.45, 7) is 4.16. The second kappa shape index (κ2) is 5.56. The SMILES string of the molecule is CCn1cc(Br)cc1C(=O)N1CCc2c(N)cccc2C1. The number of rotatable bonds is 2. The Morgan fingerprint density at radius 3 is 3.00 bits per heavy atom. The number of halogens is 1. The Hall–Kier alpha value is -1.75. The zero-order valence-corrected chi connectivity index (χ0v) is 13.6.